The van der Waals surface area contributed by atoms with E-state index in [1.807, 2.05) is 6.08 Å². The zero-order valence-corrected chi connectivity index (χ0v) is 8.25. The molecule has 12 heavy (non-hydrogen) atoms. The van der Waals surface area contributed by atoms with Crippen LogP contribution in [0, 0.1) is 5.92 Å². The zero-order valence-electron chi connectivity index (χ0n) is 8.25. The van der Waals surface area contributed by atoms with Gasteiger partial charge in [0.1, 0.15) is 0 Å². The first kappa shape index (κ1) is 11.7. The number of rotatable bonds is 5. The van der Waals surface area contributed by atoms with Crippen molar-refractivity contribution in [2.24, 2.45) is 5.92 Å². The summed E-state index contributed by atoms with van der Waals surface area (Å²) in [5.41, 5.74) is -0.709. The van der Waals surface area contributed by atoms with Crippen LogP contribution in [0.4, 0.5) is 0 Å². The molecule has 2 N–H and O–H groups in total. The summed E-state index contributed by atoms with van der Waals surface area (Å²) in [6, 6.07) is 0. The van der Waals surface area contributed by atoms with E-state index < -0.39 is 5.60 Å². The molecule has 0 spiro atoms. The van der Waals surface area contributed by atoms with Crippen LogP contribution in [-0.2, 0) is 0 Å². The van der Waals surface area contributed by atoms with Gasteiger partial charge in [-0.2, -0.15) is 0 Å². The second-order valence-corrected chi connectivity index (χ2v) is 3.91. The van der Waals surface area contributed by atoms with Crippen molar-refractivity contribution in [3.8, 4) is 0 Å². The number of hydrogen-bond donors (Lipinski definition) is 2. The summed E-state index contributed by atoms with van der Waals surface area (Å²) in [4.78, 5) is 0. The highest BCUT2D eigenvalue weighted by atomic mass is 16.3. The van der Waals surface area contributed by atoms with Gasteiger partial charge in [0.25, 0.3) is 0 Å². The Bertz CT molecular complexity index is 133. The lowest BCUT2D eigenvalue weighted by Crippen LogP contribution is -2.13. The van der Waals surface area contributed by atoms with E-state index in [-0.39, 0.29) is 6.61 Å². The molecule has 2 nitrogen and oxygen atoms in total. The molecule has 0 saturated carbocycles. The highest BCUT2D eigenvalue weighted by Gasteiger charge is 2.05. The molecule has 0 fully saturated rings. The molecule has 0 aromatic rings. The fourth-order valence-corrected chi connectivity index (χ4v) is 0.927. The fourth-order valence-electron chi connectivity index (χ4n) is 0.927. The first-order valence-corrected chi connectivity index (χ1v) is 4.46. The standard InChI is InChI=1S/C10H20O2/c1-9(6-8-11)5-4-7-10(2,3)12/h4,7,9,11-12H,5-6,8H2,1-3H3/t9-/m0/s1. The van der Waals surface area contributed by atoms with E-state index in [1.165, 1.54) is 0 Å². The molecule has 0 aromatic heterocycles. The van der Waals surface area contributed by atoms with Crippen molar-refractivity contribution in [1.82, 2.24) is 0 Å². The molecule has 0 aromatic carbocycles. The summed E-state index contributed by atoms with van der Waals surface area (Å²) in [6.07, 6.45) is 5.52. The van der Waals surface area contributed by atoms with Crippen LogP contribution in [0.2, 0.25) is 0 Å². The van der Waals surface area contributed by atoms with Crippen molar-refractivity contribution in [2.75, 3.05) is 6.61 Å². The molecule has 0 heterocycles. The SMILES string of the molecule is C[C@@H](CC=CC(C)(C)O)CCO. The molecular formula is C10H20O2. The van der Waals surface area contributed by atoms with Crippen molar-refractivity contribution in [2.45, 2.75) is 39.2 Å². The third-order valence-corrected chi connectivity index (χ3v) is 1.69. The Morgan fingerprint density at radius 2 is 2.00 bits per heavy atom. The minimum absolute atomic E-state index is 0.248. The molecule has 72 valence electrons. The van der Waals surface area contributed by atoms with Gasteiger partial charge >= 0.3 is 0 Å². The number of hydrogen-bond acceptors (Lipinski definition) is 2. The first-order valence-electron chi connectivity index (χ1n) is 4.46. The summed E-state index contributed by atoms with van der Waals surface area (Å²) in [7, 11) is 0. The average molecular weight is 172 g/mol. The maximum absolute atomic E-state index is 9.32. The molecule has 0 unspecified atom stereocenters. The van der Waals surface area contributed by atoms with Gasteiger partial charge in [-0.3, -0.25) is 0 Å². The lowest BCUT2D eigenvalue weighted by molar-refractivity contribution is 0.132. The molecule has 1 atom stereocenters. The smallest absolute Gasteiger partial charge is 0.0771 e. The molecule has 0 aliphatic rings. The monoisotopic (exact) mass is 172 g/mol. The van der Waals surface area contributed by atoms with E-state index in [9.17, 15) is 5.11 Å². The van der Waals surface area contributed by atoms with Crippen LogP contribution < -0.4 is 0 Å². The van der Waals surface area contributed by atoms with Gasteiger partial charge in [-0.15, -0.1) is 0 Å². The Kier molecular flexibility index (Phi) is 5.18. The minimum Gasteiger partial charge on any atom is -0.396 e. The summed E-state index contributed by atoms with van der Waals surface area (Å²) < 4.78 is 0. The summed E-state index contributed by atoms with van der Waals surface area (Å²) in [5, 5.41) is 17.9. The lowest BCUT2D eigenvalue weighted by Gasteiger charge is -2.11. The molecule has 0 rings (SSSR count). The molecule has 0 bridgehead atoms. The van der Waals surface area contributed by atoms with Crippen LogP contribution >= 0.6 is 0 Å². The molecule has 0 radical (unpaired) electrons. The molecule has 2 heteroatoms. The van der Waals surface area contributed by atoms with E-state index in [4.69, 9.17) is 5.11 Å². The quantitative estimate of drug-likeness (QED) is 0.620. The third kappa shape index (κ3) is 7.76. The molecule has 0 aliphatic carbocycles. The number of aliphatic hydroxyl groups excluding tert-OH is 1. The van der Waals surface area contributed by atoms with Gasteiger partial charge in [0, 0.05) is 6.61 Å². The van der Waals surface area contributed by atoms with E-state index in [1.54, 1.807) is 19.9 Å². The lowest BCUT2D eigenvalue weighted by atomic mass is 10.0. The second-order valence-electron chi connectivity index (χ2n) is 3.91. The minimum atomic E-state index is -0.709. The van der Waals surface area contributed by atoms with Crippen LogP contribution in [0.15, 0.2) is 12.2 Å². The Morgan fingerprint density at radius 1 is 1.42 bits per heavy atom. The van der Waals surface area contributed by atoms with Gasteiger partial charge < -0.3 is 10.2 Å². The first-order chi connectivity index (χ1) is 5.45. The Morgan fingerprint density at radius 3 is 2.42 bits per heavy atom. The van der Waals surface area contributed by atoms with Crippen molar-refractivity contribution < 1.29 is 10.2 Å². The van der Waals surface area contributed by atoms with Gasteiger partial charge in [0.2, 0.25) is 0 Å². The largest absolute Gasteiger partial charge is 0.396 e. The van der Waals surface area contributed by atoms with Crippen molar-refractivity contribution in [1.29, 1.82) is 0 Å². The Balaban J connectivity index is 3.60. The average Bonchev–Trinajstić information content (AvgIpc) is 1.84. The van der Waals surface area contributed by atoms with E-state index in [0.29, 0.717) is 5.92 Å². The summed E-state index contributed by atoms with van der Waals surface area (Å²) in [5.74, 6) is 0.494. The molecule has 0 aliphatic heterocycles. The van der Waals surface area contributed by atoms with Gasteiger partial charge in [-0.1, -0.05) is 19.1 Å². The third-order valence-electron chi connectivity index (χ3n) is 1.69. The molecule has 0 amide bonds. The van der Waals surface area contributed by atoms with Crippen LogP contribution in [0.3, 0.4) is 0 Å². The second kappa shape index (κ2) is 5.33. The van der Waals surface area contributed by atoms with Crippen LogP contribution in [-0.4, -0.2) is 22.4 Å². The normalized spacial score (nSPS) is 15.4. The van der Waals surface area contributed by atoms with Gasteiger partial charge in [0.15, 0.2) is 0 Å². The number of aliphatic hydroxyl groups is 2. The van der Waals surface area contributed by atoms with Gasteiger partial charge in [-0.25, -0.2) is 0 Å². The van der Waals surface area contributed by atoms with E-state index in [2.05, 4.69) is 6.92 Å². The fraction of sp³-hybridized carbons (Fsp3) is 0.800. The van der Waals surface area contributed by atoms with Gasteiger partial charge in [-0.05, 0) is 32.6 Å². The summed E-state index contributed by atoms with van der Waals surface area (Å²) >= 11 is 0. The maximum atomic E-state index is 9.32. The zero-order chi connectivity index (χ0) is 9.61. The van der Waals surface area contributed by atoms with Crippen molar-refractivity contribution in [3.05, 3.63) is 12.2 Å². The number of allylic oxidation sites excluding steroid dienone is 1. The van der Waals surface area contributed by atoms with Crippen LogP contribution in [0.5, 0.6) is 0 Å². The Hall–Kier alpha value is -0.340. The predicted octanol–water partition coefficient (Wildman–Crippen LogP) is 1.72. The van der Waals surface area contributed by atoms with Crippen LogP contribution in [0.25, 0.3) is 0 Å². The Labute approximate surface area is 74.9 Å². The molecule has 0 saturated heterocycles. The van der Waals surface area contributed by atoms with Crippen molar-refractivity contribution in [3.63, 3.8) is 0 Å². The summed E-state index contributed by atoms with van der Waals surface area (Å²) in [6.45, 7) is 5.84. The topological polar surface area (TPSA) is 40.5 Å². The van der Waals surface area contributed by atoms with E-state index in [0.717, 1.165) is 12.8 Å². The van der Waals surface area contributed by atoms with Crippen molar-refractivity contribution >= 4 is 0 Å². The van der Waals surface area contributed by atoms with Crippen LogP contribution in [0.1, 0.15) is 33.6 Å². The highest BCUT2D eigenvalue weighted by Crippen LogP contribution is 2.10. The van der Waals surface area contributed by atoms with E-state index >= 15 is 0 Å². The highest BCUT2D eigenvalue weighted by molar-refractivity contribution is 4.95. The maximum Gasteiger partial charge on any atom is 0.0771 e. The predicted molar refractivity (Wildman–Crippen MR) is 50.9 cm³/mol. The molecular weight excluding hydrogens is 152 g/mol. The van der Waals surface area contributed by atoms with Gasteiger partial charge in [0.05, 0.1) is 5.60 Å².